The third kappa shape index (κ3) is 4.74. The van der Waals surface area contributed by atoms with Crippen molar-refractivity contribution >= 4 is 35.0 Å². The van der Waals surface area contributed by atoms with Crippen molar-refractivity contribution in [1.82, 2.24) is 9.99 Å². The van der Waals surface area contributed by atoms with Crippen LogP contribution < -0.4 is 10.3 Å². The molecule has 0 saturated carbocycles. The first-order valence-corrected chi connectivity index (χ1v) is 11.6. The maximum Gasteiger partial charge on any atom is 0.271 e. The number of hydrogen-bond acceptors (Lipinski definition) is 3. The Balaban J connectivity index is 1.54. The van der Waals surface area contributed by atoms with E-state index in [1.54, 1.807) is 12.3 Å². The minimum Gasteiger partial charge on any atom is -0.362 e. The average Bonchev–Trinajstić information content (AvgIpc) is 3.32. The van der Waals surface area contributed by atoms with Crippen molar-refractivity contribution in [2.24, 2.45) is 5.10 Å². The van der Waals surface area contributed by atoms with Crippen LogP contribution in [0.3, 0.4) is 0 Å². The lowest BCUT2D eigenvalue weighted by atomic mass is 9.88. The molecule has 0 saturated heterocycles. The van der Waals surface area contributed by atoms with E-state index in [2.05, 4.69) is 49.2 Å². The summed E-state index contributed by atoms with van der Waals surface area (Å²) in [6, 6.07) is 15.3. The molecule has 170 valence electrons. The summed E-state index contributed by atoms with van der Waals surface area (Å²) in [7, 11) is 0. The molecule has 2 heterocycles. The van der Waals surface area contributed by atoms with Crippen LogP contribution in [0, 0.1) is 0 Å². The molecule has 3 aromatic rings. The molecule has 1 aliphatic rings. The predicted molar refractivity (Wildman–Crippen MR) is 138 cm³/mol. The number of anilines is 1. The third-order valence-electron chi connectivity index (χ3n) is 5.92. The number of carbonyl (C=O) groups excluding carboxylic acids is 1. The first-order chi connectivity index (χ1) is 15.8. The largest absolute Gasteiger partial charge is 0.362 e. The van der Waals surface area contributed by atoms with Crippen LogP contribution in [0.4, 0.5) is 5.69 Å². The zero-order chi connectivity index (χ0) is 23.6. The number of fused-ring (bicyclic) bond motifs is 1. The van der Waals surface area contributed by atoms with Gasteiger partial charge in [-0.25, -0.2) is 5.43 Å². The molecule has 1 amide bonds. The molecule has 1 N–H and O–H groups in total. The maximum atomic E-state index is 12.6. The Morgan fingerprint density at radius 3 is 2.64 bits per heavy atom. The molecule has 5 nitrogen and oxygen atoms in total. The van der Waals surface area contributed by atoms with Crippen LogP contribution in [0.1, 0.15) is 55.6 Å². The summed E-state index contributed by atoms with van der Waals surface area (Å²) in [5.41, 5.74) is 8.24. The van der Waals surface area contributed by atoms with Gasteiger partial charge in [0, 0.05) is 47.0 Å². The van der Waals surface area contributed by atoms with Crippen LogP contribution in [-0.4, -0.2) is 28.8 Å². The number of halogens is 1. The van der Waals surface area contributed by atoms with E-state index in [9.17, 15) is 4.79 Å². The molecule has 4 rings (SSSR count). The van der Waals surface area contributed by atoms with Crippen molar-refractivity contribution in [1.29, 1.82) is 0 Å². The number of hydrazone groups is 1. The predicted octanol–water partition coefficient (Wildman–Crippen LogP) is 6.31. The number of rotatable bonds is 6. The average molecular weight is 461 g/mol. The van der Waals surface area contributed by atoms with E-state index in [-0.39, 0.29) is 11.4 Å². The molecule has 1 aromatic heterocycles. The van der Waals surface area contributed by atoms with E-state index in [1.165, 1.54) is 5.57 Å². The van der Waals surface area contributed by atoms with Gasteiger partial charge in [0.2, 0.25) is 0 Å². The van der Waals surface area contributed by atoms with Crippen molar-refractivity contribution in [2.75, 3.05) is 11.4 Å². The molecule has 0 aliphatic carbocycles. The van der Waals surface area contributed by atoms with Gasteiger partial charge in [-0.15, -0.1) is 0 Å². The van der Waals surface area contributed by atoms with Crippen LogP contribution in [0.15, 0.2) is 72.1 Å². The van der Waals surface area contributed by atoms with E-state index in [0.717, 1.165) is 35.5 Å². The lowest BCUT2D eigenvalue weighted by molar-refractivity contribution is 0.0955. The highest BCUT2D eigenvalue weighted by Crippen LogP contribution is 2.41. The van der Waals surface area contributed by atoms with Crippen LogP contribution in [0.25, 0.3) is 11.3 Å². The number of hydrogen-bond donors (Lipinski definition) is 1. The molecule has 2 aromatic carbocycles. The van der Waals surface area contributed by atoms with Gasteiger partial charge >= 0.3 is 0 Å². The van der Waals surface area contributed by atoms with Crippen molar-refractivity contribution in [2.45, 2.75) is 39.7 Å². The van der Waals surface area contributed by atoms with Gasteiger partial charge in [0.1, 0.15) is 0 Å². The lowest BCUT2D eigenvalue weighted by Crippen LogP contribution is -2.45. The Kier molecular flexibility index (Phi) is 6.43. The summed E-state index contributed by atoms with van der Waals surface area (Å²) in [6.07, 6.45) is 8.82. The third-order valence-corrected chi connectivity index (χ3v) is 6.25. The van der Waals surface area contributed by atoms with Gasteiger partial charge in [-0.1, -0.05) is 30.7 Å². The standard InChI is InChI=1S/C27H29ClN4O/c1-5-11-32-25-16-24(28)21(15-23(25)19(2)17-27(32,3)4)18-29-30-26(33)20-9-8-10-22(14-20)31-12-6-7-13-31/h6-10,12-18H,5,11H2,1-4H3,(H,30,33)/b29-18+. The van der Waals surface area contributed by atoms with E-state index in [0.29, 0.717) is 10.6 Å². The first kappa shape index (κ1) is 22.9. The summed E-state index contributed by atoms with van der Waals surface area (Å²) in [6.45, 7) is 9.70. The molecule has 0 unspecified atom stereocenters. The molecular formula is C27H29ClN4O. The molecule has 1 aliphatic heterocycles. The minimum absolute atomic E-state index is 0.0742. The van der Waals surface area contributed by atoms with Gasteiger partial charge in [-0.05, 0) is 75.2 Å². The fourth-order valence-electron chi connectivity index (χ4n) is 4.39. The van der Waals surface area contributed by atoms with E-state index >= 15 is 0 Å². The highest BCUT2D eigenvalue weighted by atomic mass is 35.5. The SMILES string of the molecule is CCCN1c2cc(Cl)c(/C=N/NC(=O)c3cccc(-n4cccc4)c3)cc2C(C)=CC1(C)C. The van der Waals surface area contributed by atoms with Crippen LogP contribution >= 0.6 is 11.6 Å². The first-order valence-electron chi connectivity index (χ1n) is 11.2. The summed E-state index contributed by atoms with van der Waals surface area (Å²) in [4.78, 5) is 15.0. The zero-order valence-corrected chi connectivity index (χ0v) is 20.2. The number of allylic oxidation sites excluding steroid dienone is 1. The van der Waals surface area contributed by atoms with Gasteiger partial charge in [0.05, 0.1) is 16.8 Å². The van der Waals surface area contributed by atoms with Gasteiger partial charge in [0.15, 0.2) is 0 Å². The molecule has 0 radical (unpaired) electrons. The molecule has 0 spiro atoms. The van der Waals surface area contributed by atoms with Crippen LogP contribution in [0.5, 0.6) is 0 Å². The Hall–Kier alpha value is -3.31. The van der Waals surface area contributed by atoms with Gasteiger partial charge in [0.25, 0.3) is 5.91 Å². The van der Waals surface area contributed by atoms with Crippen LogP contribution in [-0.2, 0) is 0 Å². The molecule has 0 bridgehead atoms. The second-order valence-corrected chi connectivity index (χ2v) is 9.27. The Morgan fingerprint density at radius 2 is 1.91 bits per heavy atom. The van der Waals surface area contributed by atoms with E-state index in [4.69, 9.17) is 11.6 Å². The lowest BCUT2D eigenvalue weighted by Gasteiger charge is -2.43. The highest BCUT2D eigenvalue weighted by Gasteiger charge is 2.31. The minimum atomic E-state index is -0.277. The summed E-state index contributed by atoms with van der Waals surface area (Å²) >= 11 is 6.62. The Bertz CT molecular complexity index is 1220. The second-order valence-electron chi connectivity index (χ2n) is 8.86. The highest BCUT2D eigenvalue weighted by molar-refractivity contribution is 6.33. The Labute approximate surface area is 200 Å². The summed E-state index contributed by atoms with van der Waals surface area (Å²) in [5.74, 6) is -0.277. The normalized spacial score (nSPS) is 14.8. The number of benzene rings is 2. The van der Waals surface area contributed by atoms with Gasteiger partial charge in [-0.2, -0.15) is 5.10 Å². The molecule has 33 heavy (non-hydrogen) atoms. The second kappa shape index (κ2) is 9.28. The van der Waals surface area contributed by atoms with Crippen molar-refractivity contribution in [3.63, 3.8) is 0 Å². The number of amides is 1. The number of aromatic nitrogens is 1. The van der Waals surface area contributed by atoms with E-state index in [1.807, 2.05) is 59.4 Å². The van der Waals surface area contributed by atoms with Crippen molar-refractivity contribution < 1.29 is 4.79 Å². The number of nitrogens with zero attached hydrogens (tertiary/aromatic N) is 3. The number of nitrogens with one attached hydrogen (secondary N) is 1. The van der Waals surface area contributed by atoms with Gasteiger partial charge in [-0.3, -0.25) is 4.79 Å². The van der Waals surface area contributed by atoms with Gasteiger partial charge < -0.3 is 9.47 Å². The van der Waals surface area contributed by atoms with Crippen LogP contribution in [0.2, 0.25) is 5.02 Å². The topological polar surface area (TPSA) is 49.6 Å². The smallest absolute Gasteiger partial charge is 0.271 e. The monoisotopic (exact) mass is 460 g/mol. The fourth-order valence-corrected chi connectivity index (χ4v) is 4.59. The van der Waals surface area contributed by atoms with Crippen molar-refractivity contribution in [3.05, 3.63) is 88.7 Å². The molecular weight excluding hydrogens is 432 g/mol. The molecule has 0 atom stereocenters. The van der Waals surface area contributed by atoms with E-state index < -0.39 is 0 Å². The number of carbonyl (C=O) groups is 1. The summed E-state index contributed by atoms with van der Waals surface area (Å²) in [5, 5.41) is 4.78. The molecule has 6 heteroatoms. The maximum absolute atomic E-state index is 12.6. The Morgan fingerprint density at radius 1 is 1.15 bits per heavy atom. The zero-order valence-electron chi connectivity index (χ0n) is 19.5. The molecule has 0 fully saturated rings. The van der Waals surface area contributed by atoms with Crippen molar-refractivity contribution in [3.8, 4) is 5.69 Å². The quantitative estimate of drug-likeness (QED) is 0.346. The summed E-state index contributed by atoms with van der Waals surface area (Å²) < 4.78 is 1.95. The fraction of sp³-hybridized carbons (Fsp3) is 0.259.